The van der Waals surface area contributed by atoms with Crippen LogP contribution in [0, 0.1) is 24.0 Å². The Morgan fingerprint density at radius 3 is 2.38 bits per heavy atom. The second-order valence-corrected chi connectivity index (χ2v) is 8.69. The number of nitrogens with zero attached hydrogens (tertiary/aromatic N) is 1. The van der Waals surface area contributed by atoms with E-state index in [0.29, 0.717) is 39.4 Å². The van der Waals surface area contributed by atoms with E-state index in [9.17, 15) is 19.7 Å². The molecule has 37 heavy (non-hydrogen) atoms. The van der Waals surface area contributed by atoms with E-state index in [4.69, 9.17) is 4.74 Å². The van der Waals surface area contributed by atoms with Gasteiger partial charge < -0.3 is 25.7 Å². The fraction of sp³-hybridized carbons (Fsp3) is 0.111. The molecule has 10 nitrogen and oxygen atoms in total. The highest BCUT2D eigenvalue weighted by molar-refractivity contribution is 6.13. The molecule has 0 saturated carbocycles. The highest BCUT2D eigenvalue weighted by Gasteiger charge is 2.22. The molecule has 2 heterocycles. The van der Waals surface area contributed by atoms with Crippen molar-refractivity contribution >= 4 is 40.3 Å². The van der Waals surface area contributed by atoms with Gasteiger partial charge in [-0.2, -0.15) is 0 Å². The summed E-state index contributed by atoms with van der Waals surface area (Å²) in [6.07, 6.45) is 0. The zero-order valence-corrected chi connectivity index (χ0v) is 20.3. The van der Waals surface area contributed by atoms with E-state index >= 15 is 0 Å². The van der Waals surface area contributed by atoms with E-state index in [2.05, 4.69) is 20.9 Å². The summed E-state index contributed by atoms with van der Waals surface area (Å²) in [5.41, 5.74) is 6.24. The lowest BCUT2D eigenvalue weighted by Gasteiger charge is -2.12. The number of aryl methyl sites for hydroxylation is 2. The summed E-state index contributed by atoms with van der Waals surface area (Å²) >= 11 is 0. The number of hydrogen-bond acceptors (Lipinski definition) is 6. The minimum absolute atomic E-state index is 0.128. The molecule has 2 amide bonds. The fourth-order valence-electron chi connectivity index (χ4n) is 4.36. The molecule has 0 saturated heterocycles. The predicted molar refractivity (Wildman–Crippen MR) is 141 cm³/mol. The third-order valence-electron chi connectivity index (χ3n) is 6.16. The standard InChI is InChI=1S/C27H23N5O5/c1-14-10-20(15(2)28-14)27(34)29-18-6-8-21-23(13-18)31-26(33)19-7-4-16(11-22(19)30-21)17-5-9-24(32(35)36)25(12-17)37-3/h4-13,28,30H,1-3H3,(H,29,34)(H,31,33). The monoisotopic (exact) mass is 497 g/mol. The lowest BCUT2D eigenvalue weighted by Crippen LogP contribution is -2.13. The number of ether oxygens (including phenoxy) is 1. The zero-order valence-electron chi connectivity index (χ0n) is 20.3. The van der Waals surface area contributed by atoms with Crippen molar-refractivity contribution < 1.29 is 19.2 Å². The van der Waals surface area contributed by atoms with Crippen LogP contribution in [-0.2, 0) is 0 Å². The maximum absolute atomic E-state index is 13.0. The molecule has 1 aliphatic heterocycles. The van der Waals surface area contributed by atoms with E-state index in [1.807, 2.05) is 13.8 Å². The molecule has 4 aromatic rings. The van der Waals surface area contributed by atoms with E-state index < -0.39 is 4.92 Å². The lowest BCUT2D eigenvalue weighted by atomic mass is 10.0. The number of methoxy groups -OCH3 is 1. The Morgan fingerprint density at radius 1 is 0.919 bits per heavy atom. The van der Waals surface area contributed by atoms with E-state index in [1.165, 1.54) is 13.2 Å². The number of carbonyl (C=O) groups excluding carboxylic acids is 2. The van der Waals surface area contributed by atoms with Crippen molar-refractivity contribution in [1.82, 2.24) is 4.98 Å². The topological polar surface area (TPSA) is 138 Å². The normalized spacial score (nSPS) is 11.9. The highest BCUT2D eigenvalue weighted by atomic mass is 16.6. The van der Waals surface area contributed by atoms with Crippen molar-refractivity contribution in [2.24, 2.45) is 0 Å². The minimum atomic E-state index is -0.500. The molecule has 186 valence electrons. The van der Waals surface area contributed by atoms with Crippen LogP contribution < -0.4 is 20.7 Å². The second-order valence-electron chi connectivity index (χ2n) is 8.69. The Hall–Kier alpha value is -5.12. The minimum Gasteiger partial charge on any atom is -0.490 e. The number of nitrogens with one attached hydrogen (secondary N) is 4. The molecule has 0 radical (unpaired) electrons. The lowest BCUT2D eigenvalue weighted by molar-refractivity contribution is -0.385. The average Bonchev–Trinajstić information content (AvgIpc) is 3.15. The first kappa shape index (κ1) is 23.6. The van der Waals surface area contributed by atoms with Gasteiger partial charge in [-0.25, -0.2) is 0 Å². The molecule has 0 bridgehead atoms. The number of fused-ring (bicyclic) bond motifs is 2. The highest BCUT2D eigenvalue weighted by Crippen LogP contribution is 2.38. The van der Waals surface area contributed by atoms with E-state index in [1.54, 1.807) is 54.6 Å². The summed E-state index contributed by atoms with van der Waals surface area (Å²) in [6.45, 7) is 3.72. The van der Waals surface area contributed by atoms with Crippen LogP contribution in [-0.4, -0.2) is 28.8 Å². The molecule has 4 N–H and O–H groups in total. The first-order valence-corrected chi connectivity index (χ1v) is 11.4. The van der Waals surface area contributed by atoms with Gasteiger partial charge in [-0.05, 0) is 73.5 Å². The Balaban J connectivity index is 1.44. The average molecular weight is 498 g/mol. The van der Waals surface area contributed by atoms with Crippen molar-refractivity contribution in [3.05, 3.63) is 93.3 Å². The number of amides is 2. The third kappa shape index (κ3) is 4.47. The summed E-state index contributed by atoms with van der Waals surface area (Å²) in [5, 5.41) is 20.3. The van der Waals surface area contributed by atoms with Gasteiger partial charge in [-0.1, -0.05) is 6.07 Å². The van der Waals surface area contributed by atoms with Crippen LogP contribution in [0.25, 0.3) is 11.1 Å². The molecule has 0 atom stereocenters. The molecule has 3 aromatic carbocycles. The number of nitro groups is 1. The second kappa shape index (κ2) is 9.15. The van der Waals surface area contributed by atoms with Crippen LogP contribution in [0.1, 0.15) is 32.1 Å². The number of benzene rings is 3. The third-order valence-corrected chi connectivity index (χ3v) is 6.16. The largest absolute Gasteiger partial charge is 0.490 e. The van der Waals surface area contributed by atoms with Gasteiger partial charge in [-0.3, -0.25) is 19.7 Å². The molecule has 10 heteroatoms. The van der Waals surface area contributed by atoms with Crippen molar-refractivity contribution in [3.63, 3.8) is 0 Å². The quantitative estimate of drug-likeness (QED) is 0.204. The number of aromatic nitrogens is 1. The Bertz CT molecular complexity index is 1590. The van der Waals surface area contributed by atoms with Gasteiger partial charge >= 0.3 is 5.69 Å². The number of anilines is 4. The van der Waals surface area contributed by atoms with Gasteiger partial charge in [0.1, 0.15) is 0 Å². The fourth-order valence-corrected chi connectivity index (χ4v) is 4.36. The maximum atomic E-state index is 13.0. The van der Waals surface area contributed by atoms with Gasteiger partial charge in [0.15, 0.2) is 5.75 Å². The SMILES string of the molecule is COc1cc(-c2ccc3c(c2)Nc2ccc(NC(=O)c4cc(C)[nH]c4C)cc2NC3=O)ccc1[N+](=O)[O-]. The molecule has 1 aliphatic rings. The number of hydrogen-bond donors (Lipinski definition) is 4. The van der Waals surface area contributed by atoms with Crippen LogP contribution >= 0.6 is 0 Å². The number of H-pyrrole nitrogens is 1. The van der Waals surface area contributed by atoms with E-state index in [0.717, 1.165) is 17.0 Å². The predicted octanol–water partition coefficient (Wildman–Crippen LogP) is 5.78. The summed E-state index contributed by atoms with van der Waals surface area (Å²) < 4.78 is 5.19. The first-order chi connectivity index (χ1) is 17.7. The molecule has 0 fully saturated rings. The maximum Gasteiger partial charge on any atom is 0.310 e. The molecule has 5 rings (SSSR count). The van der Waals surface area contributed by atoms with Crippen molar-refractivity contribution in [2.45, 2.75) is 13.8 Å². The molecular formula is C27H23N5O5. The summed E-state index contributed by atoms with van der Waals surface area (Å²) in [7, 11) is 1.38. The first-order valence-electron chi connectivity index (χ1n) is 11.4. The summed E-state index contributed by atoms with van der Waals surface area (Å²) in [4.78, 5) is 39.6. The van der Waals surface area contributed by atoms with Crippen LogP contribution in [0.4, 0.5) is 28.4 Å². The summed E-state index contributed by atoms with van der Waals surface area (Å²) in [5.74, 6) is -0.413. The van der Waals surface area contributed by atoms with Gasteiger partial charge in [0.05, 0.1) is 40.2 Å². The van der Waals surface area contributed by atoms with Gasteiger partial charge in [-0.15, -0.1) is 0 Å². The Labute approximate surface area is 211 Å². The van der Waals surface area contributed by atoms with Crippen molar-refractivity contribution in [1.29, 1.82) is 0 Å². The number of nitro benzene ring substituents is 1. The van der Waals surface area contributed by atoms with Gasteiger partial charge in [0.25, 0.3) is 11.8 Å². The number of aromatic amines is 1. The zero-order chi connectivity index (χ0) is 26.3. The van der Waals surface area contributed by atoms with Gasteiger partial charge in [0, 0.05) is 23.1 Å². The van der Waals surface area contributed by atoms with Crippen LogP contribution in [0.15, 0.2) is 60.7 Å². The van der Waals surface area contributed by atoms with Crippen LogP contribution in [0.3, 0.4) is 0 Å². The molecule has 0 unspecified atom stereocenters. The van der Waals surface area contributed by atoms with Crippen LogP contribution in [0.5, 0.6) is 5.75 Å². The van der Waals surface area contributed by atoms with Gasteiger partial charge in [0.2, 0.25) is 0 Å². The Morgan fingerprint density at radius 2 is 1.68 bits per heavy atom. The van der Waals surface area contributed by atoms with Crippen molar-refractivity contribution in [3.8, 4) is 16.9 Å². The van der Waals surface area contributed by atoms with Crippen molar-refractivity contribution in [2.75, 3.05) is 23.1 Å². The smallest absolute Gasteiger partial charge is 0.310 e. The number of rotatable bonds is 5. The molecule has 0 spiro atoms. The summed E-state index contributed by atoms with van der Waals surface area (Å²) in [6, 6.07) is 16.9. The van der Waals surface area contributed by atoms with E-state index in [-0.39, 0.29) is 23.3 Å². The van der Waals surface area contributed by atoms with Crippen LogP contribution in [0.2, 0.25) is 0 Å². The molecule has 0 aliphatic carbocycles. The Kier molecular flexibility index (Phi) is 5.84. The molecule has 1 aromatic heterocycles. The number of carbonyl (C=O) groups is 2. The molecular weight excluding hydrogens is 474 g/mol.